The van der Waals surface area contributed by atoms with Gasteiger partial charge in [-0.3, -0.25) is 4.90 Å². The molecule has 2 atom stereocenters. The van der Waals surface area contributed by atoms with Crippen LogP contribution in [0.4, 0.5) is 0 Å². The first-order chi connectivity index (χ1) is 9.12. The van der Waals surface area contributed by atoms with E-state index in [1.807, 2.05) is 0 Å². The lowest BCUT2D eigenvalue weighted by molar-refractivity contribution is 0.0156. The van der Waals surface area contributed by atoms with Crippen molar-refractivity contribution in [1.82, 2.24) is 10.2 Å². The SMILES string of the molecule is CCC(CC)C(C)N1CC2(CCCCC2)NCC1C. The third kappa shape index (κ3) is 3.33. The summed E-state index contributed by atoms with van der Waals surface area (Å²) in [6.07, 6.45) is 9.73. The van der Waals surface area contributed by atoms with E-state index in [0.717, 1.165) is 12.0 Å². The summed E-state index contributed by atoms with van der Waals surface area (Å²) in [7, 11) is 0. The third-order valence-corrected chi connectivity index (χ3v) is 5.89. The van der Waals surface area contributed by atoms with E-state index in [1.54, 1.807) is 0 Å². The summed E-state index contributed by atoms with van der Waals surface area (Å²) in [4.78, 5) is 2.82. The molecule has 0 aromatic rings. The summed E-state index contributed by atoms with van der Waals surface area (Å²) in [5.74, 6) is 0.862. The van der Waals surface area contributed by atoms with Gasteiger partial charge in [-0.2, -0.15) is 0 Å². The van der Waals surface area contributed by atoms with E-state index >= 15 is 0 Å². The summed E-state index contributed by atoms with van der Waals surface area (Å²) in [6, 6.07) is 1.44. The Labute approximate surface area is 120 Å². The molecule has 1 heterocycles. The van der Waals surface area contributed by atoms with Crippen molar-refractivity contribution in [1.29, 1.82) is 0 Å². The quantitative estimate of drug-likeness (QED) is 0.832. The van der Waals surface area contributed by atoms with Crippen LogP contribution in [0.5, 0.6) is 0 Å². The monoisotopic (exact) mass is 266 g/mol. The van der Waals surface area contributed by atoms with Crippen molar-refractivity contribution in [3.8, 4) is 0 Å². The van der Waals surface area contributed by atoms with Crippen LogP contribution in [0.25, 0.3) is 0 Å². The summed E-state index contributed by atoms with van der Waals surface area (Å²) in [5.41, 5.74) is 0.449. The van der Waals surface area contributed by atoms with Gasteiger partial charge < -0.3 is 5.32 Å². The number of nitrogens with one attached hydrogen (secondary N) is 1. The Hall–Kier alpha value is -0.0800. The molecule has 2 nitrogen and oxygen atoms in total. The Balaban J connectivity index is 2.05. The first-order valence-corrected chi connectivity index (χ1v) is 8.62. The molecule has 0 radical (unpaired) electrons. The Kier molecular flexibility index (Phi) is 5.30. The average Bonchev–Trinajstić information content (AvgIpc) is 2.44. The zero-order valence-corrected chi connectivity index (χ0v) is 13.5. The van der Waals surface area contributed by atoms with E-state index in [-0.39, 0.29) is 0 Å². The van der Waals surface area contributed by atoms with Gasteiger partial charge in [-0.05, 0) is 32.6 Å². The Morgan fingerprint density at radius 3 is 2.37 bits per heavy atom. The van der Waals surface area contributed by atoms with Crippen LogP contribution < -0.4 is 5.32 Å². The van der Waals surface area contributed by atoms with Crippen LogP contribution in [0.1, 0.15) is 72.6 Å². The topological polar surface area (TPSA) is 15.3 Å². The molecule has 112 valence electrons. The molecule has 0 aromatic heterocycles. The maximum atomic E-state index is 3.90. The fourth-order valence-electron chi connectivity index (χ4n) is 4.39. The van der Waals surface area contributed by atoms with Crippen LogP contribution in [0, 0.1) is 5.92 Å². The van der Waals surface area contributed by atoms with Crippen LogP contribution in [0.2, 0.25) is 0 Å². The molecule has 1 spiro atoms. The molecule has 19 heavy (non-hydrogen) atoms. The van der Waals surface area contributed by atoms with E-state index in [1.165, 1.54) is 58.0 Å². The molecule has 2 aliphatic rings. The van der Waals surface area contributed by atoms with Gasteiger partial charge in [-0.25, -0.2) is 0 Å². The van der Waals surface area contributed by atoms with Gasteiger partial charge in [0.05, 0.1) is 0 Å². The summed E-state index contributed by atoms with van der Waals surface area (Å²) in [6.45, 7) is 12.1. The number of rotatable bonds is 4. The maximum Gasteiger partial charge on any atom is 0.0309 e. The molecule has 2 heteroatoms. The van der Waals surface area contributed by atoms with Crippen LogP contribution in [-0.4, -0.2) is 35.6 Å². The average molecular weight is 266 g/mol. The van der Waals surface area contributed by atoms with Crippen molar-refractivity contribution in [2.45, 2.75) is 90.3 Å². The minimum absolute atomic E-state index is 0.449. The maximum absolute atomic E-state index is 3.90. The molecule has 1 saturated carbocycles. The van der Waals surface area contributed by atoms with Gasteiger partial charge in [0.1, 0.15) is 0 Å². The van der Waals surface area contributed by atoms with E-state index in [9.17, 15) is 0 Å². The van der Waals surface area contributed by atoms with Crippen molar-refractivity contribution < 1.29 is 0 Å². The summed E-state index contributed by atoms with van der Waals surface area (Å²) >= 11 is 0. The highest BCUT2D eigenvalue weighted by molar-refractivity contribution is 5.00. The molecule has 2 fully saturated rings. The van der Waals surface area contributed by atoms with Crippen molar-refractivity contribution in [2.24, 2.45) is 5.92 Å². The molecular formula is C17H34N2. The summed E-state index contributed by atoms with van der Waals surface area (Å²) < 4.78 is 0. The Morgan fingerprint density at radius 2 is 1.79 bits per heavy atom. The second-order valence-electron chi connectivity index (χ2n) is 7.06. The minimum atomic E-state index is 0.449. The number of hydrogen-bond acceptors (Lipinski definition) is 2. The van der Waals surface area contributed by atoms with E-state index in [2.05, 4.69) is 37.9 Å². The van der Waals surface area contributed by atoms with Gasteiger partial charge in [0.15, 0.2) is 0 Å². The number of piperazine rings is 1. The smallest absolute Gasteiger partial charge is 0.0309 e. The predicted molar refractivity (Wildman–Crippen MR) is 83.5 cm³/mol. The lowest BCUT2D eigenvalue weighted by Crippen LogP contribution is -2.66. The zero-order valence-electron chi connectivity index (χ0n) is 13.5. The van der Waals surface area contributed by atoms with Crippen molar-refractivity contribution >= 4 is 0 Å². The fraction of sp³-hybridized carbons (Fsp3) is 1.00. The molecule has 1 N–H and O–H groups in total. The highest BCUT2D eigenvalue weighted by atomic mass is 15.3. The highest BCUT2D eigenvalue weighted by Gasteiger charge is 2.40. The van der Waals surface area contributed by atoms with Gasteiger partial charge in [-0.1, -0.05) is 46.0 Å². The zero-order chi connectivity index (χ0) is 13.9. The molecule has 0 bridgehead atoms. The first kappa shape index (κ1) is 15.3. The van der Waals surface area contributed by atoms with Crippen LogP contribution in [-0.2, 0) is 0 Å². The van der Waals surface area contributed by atoms with Gasteiger partial charge in [0.25, 0.3) is 0 Å². The van der Waals surface area contributed by atoms with Crippen molar-refractivity contribution in [3.05, 3.63) is 0 Å². The molecule has 1 saturated heterocycles. The molecule has 2 rings (SSSR count). The lowest BCUT2D eigenvalue weighted by atomic mass is 9.78. The van der Waals surface area contributed by atoms with E-state index in [0.29, 0.717) is 11.6 Å². The molecule has 1 aliphatic heterocycles. The van der Waals surface area contributed by atoms with Gasteiger partial charge in [-0.15, -0.1) is 0 Å². The van der Waals surface area contributed by atoms with E-state index in [4.69, 9.17) is 0 Å². The van der Waals surface area contributed by atoms with E-state index < -0.39 is 0 Å². The minimum Gasteiger partial charge on any atom is -0.308 e. The molecular weight excluding hydrogens is 232 g/mol. The fourth-order valence-corrected chi connectivity index (χ4v) is 4.39. The second kappa shape index (κ2) is 6.58. The van der Waals surface area contributed by atoms with Gasteiger partial charge in [0, 0.05) is 30.7 Å². The number of hydrogen-bond donors (Lipinski definition) is 1. The van der Waals surface area contributed by atoms with Crippen LogP contribution in [0.15, 0.2) is 0 Å². The lowest BCUT2D eigenvalue weighted by Gasteiger charge is -2.52. The molecule has 0 aromatic carbocycles. The van der Waals surface area contributed by atoms with Gasteiger partial charge >= 0.3 is 0 Å². The Bertz CT molecular complexity index is 266. The van der Waals surface area contributed by atoms with Crippen LogP contribution in [0.3, 0.4) is 0 Å². The third-order valence-electron chi connectivity index (χ3n) is 5.89. The van der Waals surface area contributed by atoms with Crippen molar-refractivity contribution in [3.63, 3.8) is 0 Å². The second-order valence-corrected chi connectivity index (χ2v) is 7.06. The molecule has 2 unspecified atom stereocenters. The normalized spacial score (nSPS) is 29.8. The Morgan fingerprint density at radius 1 is 1.16 bits per heavy atom. The first-order valence-electron chi connectivity index (χ1n) is 8.62. The van der Waals surface area contributed by atoms with Crippen LogP contribution >= 0.6 is 0 Å². The van der Waals surface area contributed by atoms with Crippen molar-refractivity contribution in [2.75, 3.05) is 13.1 Å². The molecule has 1 aliphatic carbocycles. The predicted octanol–water partition coefficient (Wildman–Crippen LogP) is 3.81. The number of nitrogens with zero attached hydrogens (tertiary/aromatic N) is 1. The van der Waals surface area contributed by atoms with Gasteiger partial charge in [0.2, 0.25) is 0 Å². The summed E-state index contributed by atoms with van der Waals surface area (Å²) in [5, 5.41) is 3.90. The highest BCUT2D eigenvalue weighted by Crippen LogP contribution is 2.34. The largest absolute Gasteiger partial charge is 0.308 e. The molecule has 0 amide bonds. The standard InChI is InChI=1S/C17H34N2/c1-5-16(6-2)15(4)19-13-17(18-12-14(19)3)10-8-7-9-11-17/h14-16,18H,5-13H2,1-4H3.